The molecule has 0 spiro atoms. The smallest absolute Gasteiger partial charge is 0.423 e. The topological polar surface area (TPSA) is 74.7 Å². The van der Waals surface area contributed by atoms with E-state index in [4.69, 9.17) is 14.5 Å². The van der Waals surface area contributed by atoms with Gasteiger partial charge in [0.1, 0.15) is 10.5 Å². The van der Waals surface area contributed by atoms with E-state index in [1.54, 1.807) is 16.2 Å². The Morgan fingerprint density at radius 1 is 1.09 bits per heavy atom. The van der Waals surface area contributed by atoms with Gasteiger partial charge in [-0.15, -0.1) is 11.3 Å². The van der Waals surface area contributed by atoms with Crippen LogP contribution in [0.2, 0.25) is 0 Å². The number of esters is 1. The van der Waals surface area contributed by atoms with E-state index in [9.17, 15) is 9.59 Å². The van der Waals surface area contributed by atoms with Crippen LogP contribution in [0.1, 0.15) is 37.5 Å². The molecule has 9 heteroatoms. The molecule has 1 aromatic carbocycles. The molecule has 1 saturated heterocycles. The highest BCUT2D eigenvalue weighted by atomic mass is 32.1. The number of amides is 1. The van der Waals surface area contributed by atoms with E-state index in [0.29, 0.717) is 17.8 Å². The summed E-state index contributed by atoms with van der Waals surface area (Å²) in [6, 6.07) is 9.64. The number of thiophene rings is 1. The molecule has 2 aliphatic heterocycles. The zero-order valence-electron chi connectivity index (χ0n) is 20.1. The average molecular weight is 485 g/mol. The lowest BCUT2D eigenvalue weighted by Gasteiger charge is -2.38. The second kappa shape index (κ2) is 11.0. The summed E-state index contributed by atoms with van der Waals surface area (Å²) in [6.45, 7) is 7.04. The molecule has 0 radical (unpaired) electrons. The molecule has 8 nitrogen and oxygen atoms in total. The molecule has 182 valence electrons. The summed E-state index contributed by atoms with van der Waals surface area (Å²) in [5.41, 5.74) is 1.35. The number of rotatable bonds is 7. The maximum Gasteiger partial charge on any atom is 0.423 e. The lowest BCUT2D eigenvalue weighted by Crippen LogP contribution is -2.51. The Hall–Kier alpha value is -2.91. The second-order valence-corrected chi connectivity index (χ2v) is 9.86. The molecule has 1 amide bonds. The van der Waals surface area contributed by atoms with Crippen LogP contribution in [0.3, 0.4) is 0 Å². The van der Waals surface area contributed by atoms with Gasteiger partial charge in [0, 0.05) is 37.5 Å². The van der Waals surface area contributed by atoms with E-state index in [2.05, 4.69) is 29.8 Å². The van der Waals surface area contributed by atoms with Crippen LogP contribution >= 0.6 is 11.3 Å². The predicted molar refractivity (Wildman–Crippen MR) is 132 cm³/mol. The van der Waals surface area contributed by atoms with Crippen LogP contribution in [0.4, 0.5) is 16.2 Å². The number of hydrogen-bond donors (Lipinski definition) is 0. The summed E-state index contributed by atoms with van der Waals surface area (Å²) >= 11 is 1.61. The first-order valence-electron chi connectivity index (χ1n) is 11.8. The monoisotopic (exact) mass is 484 g/mol. The fraction of sp³-hybridized carbons (Fsp3) is 0.480. The van der Waals surface area contributed by atoms with Crippen molar-refractivity contribution in [2.45, 2.75) is 39.5 Å². The lowest BCUT2D eigenvalue weighted by molar-refractivity contribution is -0.151. The predicted octanol–water partition coefficient (Wildman–Crippen LogP) is 3.36. The lowest BCUT2D eigenvalue weighted by atomic mass is 10.2. The number of unbranched alkanes of at least 4 members (excludes halogenated alkanes) is 2. The zero-order chi connectivity index (χ0) is 24.1. The number of benzene rings is 1. The first-order chi connectivity index (χ1) is 16.5. The first kappa shape index (κ1) is 24.2. The van der Waals surface area contributed by atoms with Gasteiger partial charge in [-0.05, 0) is 38.6 Å². The van der Waals surface area contributed by atoms with Gasteiger partial charge in [-0.25, -0.2) is 14.7 Å². The molecule has 3 heterocycles. The number of nitrogens with zero attached hydrogens (tertiary/aromatic N) is 4. The van der Waals surface area contributed by atoms with Crippen LogP contribution < -0.4 is 14.8 Å². The fourth-order valence-corrected chi connectivity index (χ4v) is 5.04. The van der Waals surface area contributed by atoms with Gasteiger partial charge in [-0.1, -0.05) is 31.9 Å². The minimum Gasteiger partial charge on any atom is -0.428 e. The van der Waals surface area contributed by atoms with Crippen molar-refractivity contribution in [1.29, 1.82) is 0 Å². The van der Waals surface area contributed by atoms with Crippen LogP contribution in [0.5, 0.6) is 0 Å². The number of carbonyl (C=O) groups excluding carboxylic acids is 2. The van der Waals surface area contributed by atoms with Crippen molar-refractivity contribution in [3.05, 3.63) is 45.1 Å². The Morgan fingerprint density at radius 3 is 2.62 bits per heavy atom. The largest absolute Gasteiger partial charge is 0.428 e. The first-order valence-corrected chi connectivity index (χ1v) is 12.6. The number of ether oxygens (including phenoxy) is 2. The third kappa shape index (κ3) is 5.42. The molecule has 0 N–H and O–H groups in total. The molecule has 2 aliphatic rings. The van der Waals surface area contributed by atoms with Crippen molar-refractivity contribution < 1.29 is 19.1 Å². The molecule has 1 fully saturated rings. The van der Waals surface area contributed by atoms with Crippen LogP contribution in [0.25, 0.3) is 5.82 Å². The van der Waals surface area contributed by atoms with Gasteiger partial charge >= 0.3 is 12.1 Å². The van der Waals surface area contributed by atoms with Crippen molar-refractivity contribution in [3.63, 3.8) is 0 Å². The maximum absolute atomic E-state index is 13.5. The Bertz CT molecular complexity index is 1150. The number of carbonyl (C=O) groups is 2. The fourth-order valence-electron chi connectivity index (χ4n) is 4.15. The van der Waals surface area contributed by atoms with Crippen LogP contribution in [0.15, 0.2) is 35.3 Å². The van der Waals surface area contributed by atoms with Gasteiger partial charge in [0.15, 0.2) is 0 Å². The molecule has 0 saturated carbocycles. The molecule has 0 unspecified atom stereocenters. The summed E-state index contributed by atoms with van der Waals surface area (Å²) in [5, 5.41) is 0.914. The van der Waals surface area contributed by atoms with Crippen LogP contribution in [-0.2, 0) is 14.3 Å². The minimum absolute atomic E-state index is 0.326. The van der Waals surface area contributed by atoms with Crippen LogP contribution in [0, 0.1) is 6.92 Å². The number of aryl methyl sites for hydroxylation is 1. The quantitative estimate of drug-likeness (QED) is 0.341. The van der Waals surface area contributed by atoms with Gasteiger partial charge in [0.05, 0.1) is 16.6 Å². The molecule has 34 heavy (non-hydrogen) atoms. The molecular formula is C25H32N4O4S. The van der Waals surface area contributed by atoms with Crippen molar-refractivity contribution >= 4 is 40.6 Å². The highest BCUT2D eigenvalue weighted by Gasteiger charge is 2.32. The van der Waals surface area contributed by atoms with Gasteiger partial charge in [-0.3, -0.25) is 4.79 Å². The SMILES string of the molecule is CCCCCC(=O)OCOC(=O)N1C(N2CCN(C)CC2)=c2cc(C)sc2=Nc2ccccc21. The summed E-state index contributed by atoms with van der Waals surface area (Å²) in [6.07, 6.45) is 2.50. The Balaban J connectivity index is 1.66. The number of piperazine rings is 1. The van der Waals surface area contributed by atoms with E-state index in [0.717, 1.165) is 66.0 Å². The number of para-hydroxylation sites is 2. The zero-order valence-corrected chi connectivity index (χ0v) is 20.9. The Kier molecular flexibility index (Phi) is 7.84. The minimum atomic E-state index is -0.588. The Morgan fingerprint density at radius 2 is 1.85 bits per heavy atom. The molecule has 0 aliphatic carbocycles. The van der Waals surface area contributed by atoms with E-state index in [1.807, 2.05) is 31.2 Å². The van der Waals surface area contributed by atoms with Crippen molar-refractivity contribution in [1.82, 2.24) is 9.80 Å². The van der Waals surface area contributed by atoms with Gasteiger partial charge in [-0.2, -0.15) is 0 Å². The summed E-state index contributed by atoms with van der Waals surface area (Å²) in [7, 11) is 2.10. The van der Waals surface area contributed by atoms with Crippen molar-refractivity contribution in [2.75, 3.05) is 44.9 Å². The normalized spacial score (nSPS) is 15.8. The van der Waals surface area contributed by atoms with Gasteiger partial charge in [0.25, 0.3) is 0 Å². The number of anilines is 1. The maximum atomic E-state index is 13.5. The van der Waals surface area contributed by atoms with Gasteiger partial charge in [0.2, 0.25) is 6.79 Å². The van der Waals surface area contributed by atoms with E-state index in [1.165, 1.54) is 0 Å². The molecule has 2 aromatic rings. The highest BCUT2D eigenvalue weighted by Crippen LogP contribution is 2.34. The highest BCUT2D eigenvalue weighted by molar-refractivity contribution is 7.09. The third-order valence-electron chi connectivity index (χ3n) is 6.01. The van der Waals surface area contributed by atoms with Crippen molar-refractivity contribution in [2.24, 2.45) is 4.99 Å². The molecule has 0 atom stereocenters. The summed E-state index contributed by atoms with van der Waals surface area (Å²) in [5.74, 6) is 0.409. The molecule has 4 rings (SSSR count). The Labute approximate surface area is 204 Å². The number of hydrogen-bond acceptors (Lipinski definition) is 8. The van der Waals surface area contributed by atoms with E-state index >= 15 is 0 Å². The molecule has 0 bridgehead atoms. The third-order valence-corrected chi connectivity index (χ3v) is 6.95. The van der Waals surface area contributed by atoms with Crippen LogP contribution in [-0.4, -0.2) is 61.9 Å². The van der Waals surface area contributed by atoms with Gasteiger partial charge < -0.3 is 19.3 Å². The summed E-state index contributed by atoms with van der Waals surface area (Å²) < 4.78 is 11.5. The number of likely N-dealkylation sites (N-methyl/N-ethyl adjacent to an activating group) is 1. The molecular weight excluding hydrogens is 452 g/mol. The molecule has 1 aromatic heterocycles. The standard InChI is InChI=1S/C25H32N4O4S/c1-4-5-6-11-22(30)32-17-33-25(31)29-21-10-8-7-9-20(21)26-23-19(16-18(2)34-23)24(29)28-14-12-27(3)13-15-28/h7-10,16H,4-6,11-15,17H2,1-3H3. The van der Waals surface area contributed by atoms with E-state index < -0.39 is 12.9 Å². The average Bonchev–Trinajstić information content (AvgIpc) is 3.12. The second-order valence-electron chi connectivity index (χ2n) is 8.63. The van der Waals surface area contributed by atoms with E-state index in [-0.39, 0.29) is 5.97 Å². The number of fused-ring (bicyclic) bond motifs is 2. The van der Waals surface area contributed by atoms with Crippen molar-refractivity contribution in [3.8, 4) is 0 Å². The summed E-state index contributed by atoms with van der Waals surface area (Å²) in [4.78, 5) is 37.6.